The van der Waals surface area contributed by atoms with Crippen LogP contribution in [0.5, 0.6) is 0 Å². The van der Waals surface area contributed by atoms with Crippen molar-refractivity contribution in [1.29, 1.82) is 0 Å². The third-order valence-corrected chi connectivity index (χ3v) is 9.45. The minimum absolute atomic E-state index is 0.845. The van der Waals surface area contributed by atoms with Crippen molar-refractivity contribution < 1.29 is 0 Å². The molecule has 178 valence electrons. The van der Waals surface area contributed by atoms with Gasteiger partial charge in [0.2, 0.25) is 0 Å². The average molecular weight is 435 g/mol. The van der Waals surface area contributed by atoms with Gasteiger partial charge in [-0.2, -0.15) is 0 Å². The standard InChI is InChI=1S/C32H50/c1-3-5-7-8-10-12-26-14-16-30-24-32(20-18-28(30)22-26)31-19-17-27-21-25(11-9-6-4-2)13-15-29(27)23-31/h4,6,18,20,24-27,29,31H,3,5,7-17,19,21-23H2,1-2H3/b6-4+. The van der Waals surface area contributed by atoms with Crippen molar-refractivity contribution in [1.82, 2.24) is 0 Å². The highest BCUT2D eigenvalue weighted by Crippen LogP contribution is 2.48. The molecule has 0 bridgehead atoms. The number of rotatable bonds is 10. The molecule has 3 aliphatic rings. The van der Waals surface area contributed by atoms with Gasteiger partial charge in [0.25, 0.3) is 0 Å². The van der Waals surface area contributed by atoms with Crippen molar-refractivity contribution in [2.75, 3.05) is 0 Å². The molecule has 0 amide bonds. The van der Waals surface area contributed by atoms with Crippen molar-refractivity contribution >= 4 is 0 Å². The van der Waals surface area contributed by atoms with Gasteiger partial charge >= 0.3 is 0 Å². The van der Waals surface area contributed by atoms with Crippen LogP contribution < -0.4 is 0 Å². The molecule has 5 unspecified atom stereocenters. The van der Waals surface area contributed by atoms with Crippen molar-refractivity contribution in [2.24, 2.45) is 23.7 Å². The van der Waals surface area contributed by atoms with Crippen LogP contribution in [0.1, 0.15) is 133 Å². The van der Waals surface area contributed by atoms with E-state index in [1.54, 1.807) is 16.7 Å². The summed E-state index contributed by atoms with van der Waals surface area (Å²) in [6.45, 7) is 4.48. The van der Waals surface area contributed by atoms with Crippen LogP contribution in [0.2, 0.25) is 0 Å². The van der Waals surface area contributed by atoms with E-state index in [2.05, 4.69) is 44.2 Å². The molecule has 1 aromatic carbocycles. The Hall–Kier alpha value is -1.04. The zero-order valence-corrected chi connectivity index (χ0v) is 21.3. The molecular formula is C32H50. The highest BCUT2D eigenvalue weighted by molar-refractivity contribution is 5.36. The number of allylic oxidation sites excluding steroid dienone is 2. The zero-order chi connectivity index (χ0) is 22.2. The molecule has 5 atom stereocenters. The quantitative estimate of drug-likeness (QED) is 0.254. The van der Waals surface area contributed by atoms with E-state index in [4.69, 9.17) is 0 Å². The van der Waals surface area contributed by atoms with E-state index in [1.165, 1.54) is 109 Å². The largest absolute Gasteiger partial charge is 0.0917 e. The van der Waals surface area contributed by atoms with Gasteiger partial charge < -0.3 is 0 Å². The molecule has 1 aromatic rings. The van der Waals surface area contributed by atoms with Crippen molar-refractivity contribution in [3.05, 3.63) is 47.0 Å². The first kappa shape index (κ1) is 24.1. The van der Waals surface area contributed by atoms with Crippen LogP contribution in [0.4, 0.5) is 0 Å². The molecule has 2 saturated carbocycles. The SMILES string of the molecule is C/C=C/CCC1CCC2CC(c3ccc4c(c3)CCC(CCCCCCC)C4)CCC2C1. The molecule has 2 fully saturated rings. The summed E-state index contributed by atoms with van der Waals surface area (Å²) in [6.07, 6.45) is 29.0. The van der Waals surface area contributed by atoms with Crippen molar-refractivity contribution in [2.45, 2.75) is 129 Å². The first-order valence-electron chi connectivity index (χ1n) is 14.5. The fraction of sp³-hybridized carbons (Fsp3) is 0.750. The fourth-order valence-corrected chi connectivity index (χ4v) is 7.44. The number of hydrogen-bond acceptors (Lipinski definition) is 0. The van der Waals surface area contributed by atoms with Crippen molar-refractivity contribution in [3.63, 3.8) is 0 Å². The number of unbranched alkanes of at least 4 members (excludes halogenated alkanes) is 4. The Morgan fingerprint density at radius 1 is 0.812 bits per heavy atom. The van der Waals surface area contributed by atoms with Crippen LogP contribution in [0.15, 0.2) is 30.4 Å². The van der Waals surface area contributed by atoms with E-state index in [-0.39, 0.29) is 0 Å². The first-order chi connectivity index (χ1) is 15.8. The molecule has 3 aliphatic carbocycles. The minimum Gasteiger partial charge on any atom is -0.0917 e. The summed E-state index contributed by atoms with van der Waals surface area (Å²) in [5.41, 5.74) is 5.09. The van der Waals surface area contributed by atoms with E-state index >= 15 is 0 Å². The van der Waals surface area contributed by atoms with Gasteiger partial charge in [-0.25, -0.2) is 0 Å². The fourth-order valence-electron chi connectivity index (χ4n) is 7.44. The monoisotopic (exact) mass is 434 g/mol. The normalized spacial score (nSPS) is 30.2. The topological polar surface area (TPSA) is 0 Å². The Kier molecular flexibility index (Phi) is 9.36. The minimum atomic E-state index is 0.845. The second kappa shape index (κ2) is 12.4. The lowest BCUT2D eigenvalue weighted by molar-refractivity contribution is 0.115. The lowest BCUT2D eigenvalue weighted by Gasteiger charge is -2.42. The summed E-state index contributed by atoms with van der Waals surface area (Å²) in [5.74, 6) is 4.85. The zero-order valence-electron chi connectivity index (χ0n) is 21.3. The number of hydrogen-bond donors (Lipinski definition) is 0. The Bertz CT molecular complexity index is 713. The Morgan fingerprint density at radius 3 is 2.53 bits per heavy atom. The maximum Gasteiger partial charge on any atom is -0.0159 e. The van der Waals surface area contributed by atoms with Crippen LogP contribution in [0.25, 0.3) is 0 Å². The summed E-state index contributed by atoms with van der Waals surface area (Å²) in [5, 5.41) is 0. The van der Waals surface area contributed by atoms with Gasteiger partial charge in [0.05, 0.1) is 0 Å². The summed E-state index contributed by atoms with van der Waals surface area (Å²) in [7, 11) is 0. The smallest absolute Gasteiger partial charge is 0.0159 e. The summed E-state index contributed by atoms with van der Waals surface area (Å²) in [4.78, 5) is 0. The van der Waals surface area contributed by atoms with Crippen LogP contribution in [0, 0.1) is 23.7 Å². The lowest BCUT2D eigenvalue weighted by Crippen LogP contribution is -2.30. The maximum absolute atomic E-state index is 2.65. The van der Waals surface area contributed by atoms with E-state index in [0.717, 1.165) is 29.6 Å². The first-order valence-corrected chi connectivity index (χ1v) is 14.5. The van der Waals surface area contributed by atoms with E-state index in [1.807, 2.05) is 0 Å². The van der Waals surface area contributed by atoms with Crippen molar-refractivity contribution in [3.8, 4) is 0 Å². The van der Waals surface area contributed by atoms with Gasteiger partial charge in [0, 0.05) is 0 Å². The van der Waals surface area contributed by atoms with E-state index < -0.39 is 0 Å². The Balaban J connectivity index is 1.26. The molecule has 0 radical (unpaired) electrons. The molecule has 0 nitrogen and oxygen atoms in total. The van der Waals surface area contributed by atoms with E-state index in [9.17, 15) is 0 Å². The molecule has 0 aromatic heterocycles. The van der Waals surface area contributed by atoms with Gasteiger partial charge in [-0.3, -0.25) is 0 Å². The highest BCUT2D eigenvalue weighted by Gasteiger charge is 2.36. The number of benzene rings is 1. The van der Waals surface area contributed by atoms with Gasteiger partial charge in [0.1, 0.15) is 0 Å². The highest BCUT2D eigenvalue weighted by atomic mass is 14.4. The molecule has 0 heterocycles. The molecule has 4 rings (SSSR count). The second-order valence-electron chi connectivity index (χ2n) is 11.7. The van der Waals surface area contributed by atoms with Gasteiger partial charge in [0.15, 0.2) is 0 Å². The third-order valence-electron chi connectivity index (χ3n) is 9.45. The summed E-state index contributed by atoms with van der Waals surface area (Å²) >= 11 is 0. The van der Waals surface area contributed by atoms with Crippen LogP contribution in [0.3, 0.4) is 0 Å². The Labute approximate surface area is 199 Å². The van der Waals surface area contributed by atoms with Gasteiger partial charge in [-0.15, -0.1) is 0 Å². The van der Waals surface area contributed by atoms with Crippen LogP contribution >= 0.6 is 0 Å². The average Bonchev–Trinajstić information content (AvgIpc) is 2.83. The van der Waals surface area contributed by atoms with Crippen LogP contribution in [-0.4, -0.2) is 0 Å². The van der Waals surface area contributed by atoms with E-state index in [0.29, 0.717) is 0 Å². The number of fused-ring (bicyclic) bond motifs is 2. The molecule has 0 spiro atoms. The molecule has 0 aliphatic heterocycles. The Morgan fingerprint density at radius 2 is 1.66 bits per heavy atom. The molecule has 0 N–H and O–H groups in total. The molecular weight excluding hydrogens is 384 g/mol. The third kappa shape index (κ3) is 6.51. The molecule has 0 heteroatoms. The summed E-state index contributed by atoms with van der Waals surface area (Å²) in [6, 6.07) is 7.73. The van der Waals surface area contributed by atoms with Gasteiger partial charge in [-0.05, 0) is 117 Å². The predicted molar refractivity (Wildman–Crippen MR) is 140 cm³/mol. The van der Waals surface area contributed by atoms with Crippen LogP contribution in [-0.2, 0) is 12.8 Å². The predicted octanol–water partition coefficient (Wildman–Crippen LogP) is 9.81. The lowest BCUT2D eigenvalue weighted by atomic mass is 9.63. The maximum atomic E-state index is 2.65. The summed E-state index contributed by atoms with van der Waals surface area (Å²) < 4.78 is 0. The molecule has 0 saturated heterocycles. The molecule has 32 heavy (non-hydrogen) atoms. The van der Waals surface area contributed by atoms with Gasteiger partial charge in [-0.1, -0.05) is 82.2 Å². The second-order valence-corrected chi connectivity index (χ2v) is 11.7. The number of aryl methyl sites for hydroxylation is 1.